The summed E-state index contributed by atoms with van der Waals surface area (Å²) >= 11 is 0. The molecule has 100 valence electrons. The smallest absolute Gasteiger partial charge is 0.0469 e. The zero-order valence-electron chi connectivity index (χ0n) is 11.4. The number of hydrogen-bond donors (Lipinski definition) is 1. The van der Waals surface area contributed by atoms with Crippen molar-refractivity contribution >= 4 is 5.69 Å². The van der Waals surface area contributed by atoms with Crippen LogP contribution in [0.15, 0.2) is 24.3 Å². The summed E-state index contributed by atoms with van der Waals surface area (Å²) in [6.07, 6.45) is 2.37. The lowest BCUT2D eigenvalue weighted by atomic mass is 9.99. The summed E-state index contributed by atoms with van der Waals surface area (Å²) in [6.45, 7) is 4.96. The van der Waals surface area contributed by atoms with E-state index in [9.17, 15) is 0 Å². The van der Waals surface area contributed by atoms with Gasteiger partial charge in [-0.15, -0.1) is 0 Å². The van der Waals surface area contributed by atoms with Crippen molar-refractivity contribution in [2.45, 2.75) is 25.8 Å². The summed E-state index contributed by atoms with van der Waals surface area (Å²) in [4.78, 5) is 2.33. The van der Waals surface area contributed by atoms with Gasteiger partial charge in [0.2, 0.25) is 0 Å². The normalized spacial score (nSPS) is 18.6. The molecular formula is C15H24N2O. The Bertz CT molecular complexity index is 355. The van der Waals surface area contributed by atoms with E-state index in [0.717, 1.165) is 25.7 Å². The Kier molecular flexibility index (Phi) is 4.61. The van der Waals surface area contributed by atoms with Gasteiger partial charge in [-0.1, -0.05) is 12.1 Å². The number of nitrogens with two attached hydrogens (primary N) is 1. The van der Waals surface area contributed by atoms with Crippen molar-refractivity contribution in [1.29, 1.82) is 0 Å². The summed E-state index contributed by atoms with van der Waals surface area (Å²) in [6, 6.07) is 8.69. The zero-order valence-corrected chi connectivity index (χ0v) is 11.4. The SMILES string of the molecule is CC(N)c1ccc(N(C)CC2CCOCC2)cc1. The highest BCUT2D eigenvalue weighted by Gasteiger charge is 2.16. The van der Waals surface area contributed by atoms with E-state index in [4.69, 9.17) is 10.5 Å². The number of benzene rings is 1. The predicted octanol–water partition coefficient (Wildman–Crippen LogP) is 2.57. The van der Waals surface area contributed by atoms with Crippen molar-refractivity contribution in [1.82, 2.24) is 0 Å². The van der Waals surface area contributed by atoms with Gasteiger partial charge in [-0.05, 0) is 43.4 Å². The van der Waals surface area contributed by atoms with Crippen molar-refractivity contribution in [2.24, 2.45) is 11.7 Å². The molecule has 0 spiro atoms. The first-order valence-corrected chi connectivity index (χ1v) is 6.81. The van der Waals surface area contributed by atoms with Crippen LogP contribution < -0.4 is 10.6 Å². The molecule has 0 saturated carbocycles. The quantitative estimate of drug-likeness (QED) is 0.890. The van der Waals surface area contributed by atoms with E-state index in [1.54, 1.807) is 0 Å². The molecule has 1 aromatic carbocycles. The summed E-state index contributed by atoms with van der Waals surface area (Å²) in [5.41, 5.74) is 8.32. The fraction of sp³-hybridized carbons (Fsp3) is 0.600. The second-order valence-electron chi connectivity index (χ2n) is 5.32. The van der Waals surface area contributed by atoms with Gasteiger partial charge in [0.1, 0.15) is 0 Å². The zero-order chi connectivity index (χ0) is 13.0. The topological polar surface area (TPSA) is 38.5 Å². The molecule has 1 fully saturated rings. The van der Waals surface area contributed by atoms with Gasteiger partial charge in [-0.25, -0.2) is 0 Å². The Morgan fingerprint density at radius 2 is 1.89 bits per heavy atom. The largest absolute Gasteiger partial charge is 0.381 e. The molecule has 0 radical (unpaired) electrons. The Morgan fingerprint density at radius 3 is 2.44 bits per heavy atom. The van der Waals surface area contributed by atoms with E-state index in [1.807, 2.05) is 6.92 Å². The Morgan fingerprint density at radius 1 is 1.28 bits per heavy atom. The van der Waals surface area contributed by atoms with Gasteiger partial charge in [-0.3, -0.25) is 0 Å². The number of nitrogens with zero attached hydrogens (tertiary/aromatic N) is 1. The maximum Gasteiger partial charge on any atom is 0.0469 e. The van der Waals surface area contributed by atoms with Gasteiger partial charge in [0.25, 0.3) is 0 Å². The molecule has 1 aromatic rings. The predicted molar refractivity (Wildman–Crippen MR) is 75.9 cm³/mol. The molecule has 2 N–H and O–H groups in total. The molecule has 0 bridgehead atoms. The molecule has 2 rings (SSSR count). The highest BCUT2D eigenvalue weighted by Crippen LogP contribution is 2.21. The minimum absolute atomic E-state index is 0.111. The van der Waals surface area contributed by atoms with Crippen LogP contribution in [0.2, 0.25) is 0 Å². The minimum atomic E-state index is 0.111. The van der Waals surface area contributed by atoms with Crippen LogP contribution in [0.5, 0.6) is 0 Å². The van der Waals surface area contributed by atoms with Gasteiger partial charge in [0.05, 0.1) is 0 Å². The van der Waals surface area contributed by atoms with Crippen molar-refractivity contribution < 1.29 is 4.74 Å². The second kappa shape index (κ2) is 6.21. The first-order chi connectivity index (χ1) is 8.66. The van der Waals surface area contributed by atoms with Gasteiger partial charge < -0.3 is 15.4 Å². The number of anilines is 1. The molecule has 1 aliphatic heterocycles. The minimum Gasteiger partial charge on any atom is -0.381 e. The molecule has 0 amide bonds. The molecule has 1 heterocycles. The summed E-state index contributed by atoms with van der Waals surface area (Å²) in [5, 5.41) is 0. The summed E-state index contributed by atoms with van der Waals surface area (Å²) in [5.74, 6) is 0.761. The molecule has 3 nitrogen and oxygen atoms in total. The highest BCUT2D eigenvalue weighted by atomic mass is 16.5. The first-order valence-electron chi connectivity index (χ1n) is 6.81. The molecule has 1 saturated heterocycles. The Labute approximate surface area is 110 Å². The fourth-order valence-electron chi connectivity index (χ4n) is 2.45. The lowest BCUT2D eigenvalue weighted by molar-refractivity contribution is 0.0685. The van der Waals surface area contributed by atoms with Crippen LogP contribution in [0, 0.1) is 5.92 Å². The lowest BCUT2D eigenvalue weighted by Crippen LogP contribution is -2.29. The van der Waals surface area contributed by atoms with Crippen molar-refractivity contribution in [3.8, 4) is 0 Å². The third kappa shape index (κ3) is 3.47. The average Bonchev–Trinajstić information content (AvgIpc) is 2.40. The lowest BCUT2D eigenvalue weighted by Gasteiger charge is -2.28. The van der Waals surface area contributed by atoms with E-state index in [-0.39, 0.29) is 6.04 Å². The van der Waals surface area contributed by atoms with Crippen LogP contribution in [0.1, 0.15) is 31.4 Å². The van der Waals surface area contributed by atoms with Crippen LogP contribution >= 0.6 is 0 Å². The van der Waals surface area contributed by atoms with E-state index < -0.39 is 0 Å². The molecule has 0 aliphatic carbocycles. The Hall–Kier alpha value is -1.06. The molecular weight excluding hydrogens is 224 g/mol. The maximum atomic E-state index is 5.86. The van der Waals surface area contributed by atoms with Crippen LogP contribution in [0.25, 0.3) is 0 Å². The van der Waals surface area contributed by atoms with Crippen LogP contribution in [0.3, 0.4) is 0 Å². The molecule has 18 heavy (non-hydrogen) atoms. The van der Waals surface area contributed by atoms with Gasteiger partial charge in [-0.2, -0.15) is 0 Å². The Balaban J connectivity index is 1.93. The third-order valence-corrected chi connectivity index (χ3v) is 3.73. The van der Waals surface area contributed by atoms with E-state index in [1.165, 1.54) is 24.1 Å². The van der Waals surface area contributed by atoms with Gasteiger partial charge in [0.15, 0.2) is 0 Å². The number of hydrogen-bond acceptors (Lipinski definition) is 3. The standard InChI is InChI=1S/C15H24N2O/c1-12(16)14-3-5-15(6-4-14)17(2)11-13-7-9-18-10-8-13/h3-6,12-13H,7-11,16H2,1-2H3. The molecule has 3 heteroatoms. The summed E-state index contributed by atoms with van der Waals surface area (Å²) in [7, 11) is 2.16. The van der Waals surface area contributed by atoms with Gasteiger partial charge >= 0.3 is 0 Å². The molecule has 1 atom stereocenters. The monoisotopic (exact) mass is 248 g/mol. The molecule has 1 aliphatic rings. The second-order valence-corrected chi connectivity index (χ2v) is 5.32. The number of ether oxygens (including phenoxy) is 1. The van der Waals surface area contributed by atoms with Crippen LogP contribution in [0.4, 0.5) is 5.69 Å². The van der Waals surface area contributed by atoms with E-state index in [2.05, 4.69) is 36.2 Å². The molecule has 1 unspecified atom stereocenters. The van der Waals surface area contributed by atoms with Crippen LogP contribution in [-0.4, -0.2) is 26.8 Å². The summed E-state index contributed by atoms with van der Waals surface area (Å²) < 4.78 is 5.40. The van der Waals surface area contributed by atoms with E-state index in [0.29, 0.717) is 0 Å². The third-order valence-electron chi connectivity index (χ3n) is 3.73. The van der Waals surface area contributed by atoms with E-state index >= 15 is 0 Å². The average molecular weight is 248 g/mol. The van der Waals surface area contributed by atoms with Crippen molar-refractivity contribution in [3.05, 3.63) is 29.8 Å². The maximum absolute atomic E-state index is 5.86. The fourth-order valence-corrected chi connectivity index (χ4v) is 2.45. The highest BCUT2D eigenvalue weighted by molar-refractivity contribution is 5.47. The van der Waals surface area contributed by atoms with Crippen molar-refractivity contribution in [2.75, 3.05) is 31.7 Å². The first kappa shape index (κ1) is 13.4. The van der Waals surface area contributed by atoms with Gasteiger partial charge in [0, 0.05) is 38.5 Å². The molecule has 0 aromatic heterocycles. The van der Waals surface area contributed by atoms with Crippen LogP contribution in [-0.2, 0) is 4.74 Å². The van der Waals surface area contributed by atoms with Crippen molar-refractivity contribution in [3.63, 3.8) is 0 Å². The number of rotatable bonds is 4.